The highest BCUT2D eigenvalue weighted by molar-refractivity contribution is 5.88. The maximum Gasteiger partial charge on any atom is 0.180 e. The lowest BCUT2D eigenvalue weighted by Gasteiger charge is -2.36. The van der Waals surface area contributed by atoms with Crippen molar-refractivity contribution in [1.82, 2.24) is 5.16 Å². The Labute approximate surface area is 137 Å². The van der Waals surface area contributed by atoms with Gasteiger partial charge < -0.3 is 14.3 Å². The van der Waals surface area contributed by atoms with Gasteiger partial charge in [0, 0.05) is 31.9 Å². The summed E-state index contributed by atoms with van der Waals surface area (Å²) in [5.74, 6) is 0.971. The van der Waals surface area contributed by atoms with Gasteiger partial charge in [-0.3, -0.25) is 0 Å². The van der Waals surface area contributed by atoms with Crippen molar-refractivity contribution in [3.63, 3.8) is 0 Å². The summed E-state index contributed by atoms with van der Waals surface area (Å²) in [6, 6.07) is 18.6. The molecule has 0 atom stereocenters. The Hall–Kier alpha value is -2.49. The molecule has 3 aromatic rings. The number of anilines is 2. The molecule has 2 aromatic carbocycles. The predicted octanol–water partition coefficient (Wildman–Crippen LogP) is 4.18. The summed E-state index contributed by atoms with van der Waals surface area (Å²) in [6.07, 6.45) is 0. The summed E-state index contributed by atoms with van der Waals surface area (Å²) in [6.45, 7) is 7.94. The largest absolute Gasteiger partial charge is 0.368 e. The third kappa shape index (κ3) is 3.16. The number of para-hydroxylation sites is 2. The number of hydrogen-bond donors (Lipinski definition) is 0. The highest BCUT2D eigenvalue weighted by atomic mass is 16.5. The van der Waals surface area contributed by atoms with Crippen molar-refractivity contribution in [2.24, 2.45) is 0 Å². The molecule has 0 aliphatic carbocycles. The van der Waals surface area contributed by atoms with E-state index >= 15 is 0 Å². The minimum Gasteiger partial charge on any atom is -0.368 e. The summed E-state index contributed by atoms with van der Waals surface area (Å²) >= 11 is 0. The van der Waals surface area contributed by atoms with Gasteiger partial charge in [0.25, 0.3) is 0 Å². The molecule has 0 unspecified atom stereocenters. The van der Waals surface area contributed by atoms with Crippen LogP contribution in [0, 0.1) is 0 Å². The lowest BCUT2D eigenvalue weighted by molar-refractivity contribution is 0.453. The van der Waals surface area contributed by atoms with Gasteiger partial charge >= 0.3 is 0 Å². The minimum atomic E-state index is 0.859. The van der Waals surface area contributed by atoms with Gasteiger partial charge in [0.05, 0.1) is 5.39 Å². The Morgan fingerprint density at radius 3 is 2.13 bits per heavy atom. The van der Waals surface area contributed by atoms with Crippen molar-refractivity contribution in [2.75, 3.05) is 36.0 Å². The smallest absolute Gasteiger partial charge is 0.180 e. The first kappa shape index (κ1) is 15.4. The summed E-state index contributed by atoms with van der Waals surface area (Å²) < 4.78 is 5.41. The second-order valence-corrected chi connectivity index (χ2v) is 5.31. The molecule has 1 aliphatic heterocycles. The van der Waals surface area contributed by atoms with Crippen molar-refractivity contribution in [1.29, 1.82) is 0 Å². The van der Waals surface area contributed by atoms with E-state index in [0.717, 1.165) is 43.0 Å². The van der Waals surface area contributed by atoms with Crippen LogP contribution in [0.1, 0.15) is 13.8 Å². The van der Waals surface area contributed by atoms with Gasteiger partial charge in [-0.05, 0) is 24.3 Å². The van der Waals surface area contributed by atoms with E-state index in [9.17, 15) is 0 Å². The lowest BCUT2D eigenvalue weighted by Crippen LogP contribution is -2.46. The number of nitrogens with zero attached hydrogens (tertiary/aromatic N) is 3. The van der Waals surface area contributed by atoms with Crippen LogP contribution >= 0.6 is 0 Å². The van der Waals surface area contributed by atoms with Crippen molar-refractivity contribution in [3.8, 4) is 0 Å². The molecule has 1 aliphatic rings. The normalized spacial score (nSPS) is 14.5. The average Bonchev–Trinajstić information content (AvgIpc) is 3.08. The van der Waals surface area contributed by atoms with Crippen molar-refractivity contribution < 1.29 is 4.52 Å². The van der Waals surface area contributed by atoms with E-state index in [1.54, 1.807) is 0 Å². The first-order valence-corrected chi connectivity index (χ1v) is 8.31. The van der Waals surface area contributed by atoms with Gasteiger partial charge in [0.2, 0.25) is 0 Å². The van der Waals surface area contributed by atoms with E-state index in [1.165, 1.54) is 5.69 Å². The molecule has 0 spiro atoms. The molecule has 120 valence electrons. The van der Waals surface area contributed by atoms with Gasteiger partial charge in [-0.2, -0.15) is 0 Å². The van der Waals surface area contributed by atoms with Crippen molar-refractivity contribution >= 4 is 22.5 Å². The van der Waals surface area contributed by atoms with Crippen LogP contribution in [0.4, 0.5) is 11.5 Å². The zero-order valence-electron chi connectivity index (χ0n) is 13.8. The number of aromatic nitrogens is 1. The number of piperazine rings is 1. The van der Waals surface area contributed by atoms with Crippen LogP contribution < -0.4 is 9.80 Å². The Morgan fingerprint density at radius 2 is 1.39 bits per heavy atom. The average molecular weight is 309 g/mol. The second-order valence-electron chi connectivity index (χ2n) is 5.31. The maximum atomic E-state index is 5.41. The monoisotopic (exact) mass is 309 g/mol. The third-order valence-electron chi connectivity index (χ3n) is 4.06. The highest BCUT2D eigenvalue weighted by Gasteiger charge is 2.21. The summed E-state index contributed by atoms with van der Waals surface area (Å²) in [7, 11) is 0. The van der Waals surface area contributed by atoms with Crippen LogP contribution in [0.15, 0.2) is 59.1 Å². The Morgan fingerprint density at radius 1 is 0.783 bits per heavy atom. The Kier molecular flexibility index (Phi) is 4.81. The topological polar surface area (TPSA) is 32.5 Å². The van der Waals surface area contributed by atoms with E-state index in [-0.39, 0.29) is 0 Å². The van der Waals surface area contributed by atoms with Crippen LogP contribution in [0.25, 0.3) is 11.0 Å². The van der Waals surface area contributed by atoms with Crippen LogP contribution in [-0.2, 0) is 0 Å². The molecule has 0 bridgehead atoms. The van der Waals surface area contributed by atoms with Crippen molar-refractivity contribution in [2.45, 2.75) is 13.8 Å². The summed E-state index contributed by atoms with van der Waals surface area (Å²) in [5, 5.41) is 5.35. The van der Waals surface area contributed by atoms with Gasteiger partial charge in [0.15, 0.2) is 11.4 Å². The van der Waals surface area contributed by atoms with E-state index in [2.05, 4.69) is 51.4 Å². The van der Waals surface area contributed by atoms with Crippen LogP contribution in [0.2, 0.25) is 0 Å². The van der Waals surface area contributed by atoms with E-state index < -0.39 is 0 Å². The molecule has 0 radical (unpaired) electrons. The number of hydrogen-bond acceptors (Lipinski definition) is 4. The molecule has 4 nitrogen and oxygen atoms in total. The fraction of sp³-hybridized carbons (Fsp3) is 0.316. The highest BCUT2D eigenvalue weighted by Crippen LogP contribution is 2.27. The molecule has 0 amide bonds. The fourth-order valence-corrected chi connectivity index (χ4v) is 2.92. The van der Waals surface area contributed by atoms with E-state index in [4.69, 9.17) is 4.52 Å². The molecule has 4 heteroatoms. The van der Waals surface area contributed by atoms with E-state index in [1.807, 2.05) is 32.0 Å². The minimum absolute atomic E-state index is 0.859. The Bertz CT molecular complexity index is 730. The molecular formula is C19H23N3O. The molecule has 1 saturated heterocycles. The first-order chi connectivity index (χ1) is 11.4. The van der Waals surface area contributed by atoms with Crippen LogP contribution in [0.5, 0.6) is 0 Å². The zero-order valence-corrected chi connectivity index (χ0v) is 13.8. The maximum absolute atomic E-state index is 5.41. The third-order valence-corrected chi connectivity index (χ3v) is 4.06. The predicted molar refractivity (Wildman–Crippen MR) is 96.2 cm³/mol. The number of benzene rings is 2. The SMILES string of the molecule is CC.c1ccc(N2CCN(c3noc4ccccc34)CC2)cc1. The van der Waals surface area contributed by atoms with Crippen LogP contribution in [-0.4, -0.2) is 31.3 Å². The second kappa shape index (κ2) is 7.18. The Balaban J connectivity index is 0.000000753. The quantitative estimate of drug-likeness (QED) is 0.711. The number of fused-ring (bicyclic) bond motifs is 1. The molecule has 23 heavy (non-hydrogen) atoms. The van der Waals surface area contributed by atoms with Crippen molar-refractivity contribution in [3.05, 3.63) is 54.6 Å². The van der Waals surface area contributed by atoms with E-state index in [0.29, 0.717) is 0 Å². The molecule has 1 aromatic heterocycles. The van der Waals surface area contributed by atoms with Gasteiger partial charge in [0.1, 0.15) is 0 Å². The standard InChI is InChI=1S/C17H17N3O.C2H6/c1-2-6-14(7-3-1)19-10-12-20(13-11-19)17-15-8-4-5-9-16(15)21-18-17;1-2/h1-9H,10-13H2;1-2H3. The molecule has 4 rings (SSSR count). The summed E-state index contributed by atoms with van der Waals surface area (Å²) in [5.41, 5.74) is 2.15. The van der Waals surface area contributed by atoms with Crippen LogP contribution in [0.3, 0.4) is 0 Å². The number of rotatable bonds is 2. The zero-order chi connectivity index (χ0) is 16.1. The molecule has 0 N–H and O–H groups in total. The molecule has 2 heterocycles. The van der Waals surface area contributed by atoms with Gasteiger partial charge in [-0.25, -0.2) is 0 Å². The fourth-order valence-electron chi connectivity index (χ4n) is 2.92. The lowest BCUT2D eigenvalue weighted by atomic mass is 10.2. The molecule has 1 fully saturated rings. The molecular weight excluding hydrogens is 286 g/mol. The first-order valence-electron chi connectivity index (χ1n) is 8.31. The van der Waals surface area contributed by atoms with Gasteiger partial charge in [-0.1, -0.05) is 49.3 Å². The molecule has 0 saturated carbocycles. The summed E-state index contributed by atoms with van der Waals surface area (Å²) in [4.78, 5) is 4.73. The van der Waals surface area contributed by atoms with Gasteiger partial charge in [-0.15, -0.1) is 0 Å².